The molecule has 28 heavy (non-hydrogen) atoms. The molecule has 8 heteroatoms. The van der Waals surface area contributed by atoms with E-state index in [0.717, 1.165) is 16.9 Å². The third-order valence-corrected chi connectivity index (χ3v) is 4.97. The van der Waals surface area contributed by atoms with E-state index in [1.165, 1.54) is 0 Å². The van der Waals surface area contributed by atoms with Gasteiger partial charge in [-0.1, -0.05) is 18.2 Å². The highest BCUT2D eigenvalue weighted by Crippen LogP contribution is 2.23. The van der Waals surface area contributed by atoms with Crippen molar-refractivity contribution in [3.8, 4) is 5.75 Å². The first-order valence-corrected chi connectivity index (χ1v) is 9.50. The van der Waals surface area contributed by atoms with Gasteiger partial charge in [0.2, 0.25) is 5.91 Å². The lowest BCUT2D eigenvalue weighted by atomic mass is 9.96. The molecule has 1 saturated heterocycles. The Balaban J connectivity index is 1.65. The summed E-state index contributed by atoms with van der Waals surface area (Å²) in [5, 5.41) is 1.92. The van der Waals surface area contributed by atoms with Crippen LogP contribution in [0, 0.1) is 19.8 Å². The van der Waals surface area contributed by atoms with Crippen LogP contribution in [0.15, 0.2) is 18.2 Å². The quantitative estimate of drug-likeness (QED) is 0.714. The second-order valence-electron chi connectivity index (χ2n) is 7.20. The molecule has 1 aliphatic rings. The number of hydrogen-bond donors (Lipinski definition) is 1. The second kappa shape index (κ2) is 9.80. The Bertz CT molecular complexity index is 664. The van der Waals surface area contributed by atoms with E-state index < -0.39 is 12.1 Å². The summed E-state index contributed by atoms with van der Waals surface area (Å²) in [6.45, 7) is 5.41. The van der Waals surface area contributed by atoms with Gasteiger partial charge in [0, 0.05) is 26.1 Å². The van der Waals surface area contributed by atoms with Crippen molar-refractivity contribution in [3.63, 3.8) is 0 Å². The predicted octanol–water partition coefficient (Wildman–Crippen LogP) is 3.38. The highest BCUT2D eigenvalue weighted by molar-refractivity contribution is 5.81. The third-order valence-electron chi connectivity index (χ3n) is 4.97. The minimum absolute atomic E-state index is 0.00993. The number of nitrogens with zero attached hydrogens (tertiary/aromatic N) is 1. The Morgan fingerprint density at radius 1 is 1.18 bits per heavy atom. The van der Waals surface area contributed by atoms with Gasteiger partial charge in [0.25, 0.3) is 0 Å². The minimum atomic E-state index is -4.85. The first-order valence-electron chi connectivity index (χ1n) is 9.50. The SMILES string of the molecule is Cc1cccc(C)c1OCCCC(=O)N1CCC(CNC(=O)C(F)(F)F)CC1. The number of aryl methyl sites for hydroxylation is 2. The van der Waals surface area contributed by atoms with Crippen LogP contribution in [0.25, 0.3) is 0 Å². The highest BCUT2D eigenvalue weighted by atomic mass is 19.4. The van der Waals surface area contributed by atoms with Gasteiger partial charge in [0.1, 0.15) is 5.75 Å². The van der Waals surface area contributed by atoms with E-state index in [2.05, 4.69) is 0 Å². The number of amides is 2. The molecule has 0 unspecified atom stereocenters. The molecule has 0 aromatic heterocycles. The number of piperidine rings is 1. The molecule has 0 aliphatic carbocycles. The summed E-state index contributed by atoms with van der Waals surface area (Å²) in [6.07, 6.45) is -2.70. The number of para-hydroxylation sites is 1. The number of rotatable bonds is 7. The van der Waals surface area contributed by atoms with Crippen molar-refractivity contribution in [1.29, 1.82) is 0 Å². The van der Waals surface area contributed by atoms with E-state index in [0.29, 0.717) is 45.4 Å². The first-order chi connectivity index (χ1) is 13.2. The topological polar surface area (TPSA) is 58.6 Å². The van der Waals surface area contributed by atoms with E-state index in [4.69, 9.17) is 4.74 Å². The fraction of sp³-hybridized carbons (Fsp3) is 0.600. The van der Waals surface area contributed by atoms with E-state index in [-0.39, 0.29) is 18.4 Å². The smallest absolute Gasteiger partial charge is 0.471 e. The molecule has 0 bridgehead atoms. The van der Waals surface area contributed by atoms with E-state index in [9.17, 15) is 22.8 Å². The summed E-state index contributed by atoms with van der Waals surface area (Å²) in [6, 6.07) is 5.93. The molecule has 1 N–H and O–H groups in total. The van der Waals surface area contributed by atoms with Gasteiger partial charge < -0.3 is 15.0 Å². The summed E-state index contributed by atoms with van der Waals surface area (Å²) >= 11 is 0. The largest absolute Gasteiger partial charge is 0.493 e. The fourth-order valence-electron chi connectivity index (χ4n) is 3.31. The molecule has 1 fully saturated rings. The molecule has 0 saturated carbocycles. The van der Waals surface area contributed by atoms with Gasteiger partial charge in [-0.3, -0.25) is 9.59 Å². The Morgan fingerprint density at radius 2 is 1.79 bits per heavy atom. The summed E-state index contributed by atoms with van der Waals surface area (Å²) < 4.78 is 42.4. The van der Waals surface area contributed by atoms with E-state index in [1.807, 2.05) is 37.4 Å². The zero-order valence-corrected chi connectivity index (χ0v) is 16.3. The molecule has 5 nitrogen and oxygen atoms in total. The van der Waals surface area contributed by atoms with Gasteiger partial charge in [-0.05, 0) is 50.2 Å². The van der Waals surface area contributed by atoms with Gasteiger partial charge in [-0.2, -0.15) is 13.2 Å². The Morgan fingerprint density at radius 3 is 2.36 bits per heavy atom. The van der Waals surface area contributed by atoms with E-state index in [1.54, 1.807) is 4.90 Å². The Kier molecular flexibility index (Phi) is 7.71. The maximum absolute atomic E-state index is 12.3. The first kappa shape index (κ1) is 22.0. The molecule has 0 spiro atoms. The number of nitrogens with one attached hydrogen (secondary N) is 1. The van der Waals surface area contributed by atoms with Gasteiger partial charge in [-0.25, -0.2) is 0 Å². The molecule has 156 valence electrons. The van der Waals surface area contributed by atoms with Crippen molar-refractivity contribution >= 4 is 11.8 Å². The van der Waals surface area contributed by atoms with Crippen molar-refractivity contribution in [2.24, 2.45) is 5.92 Å². The Labute approximate surface area is 163 Å². The fourth-order valence-corrected chi connectivity index (χ4v) is 3.31. The van der Waals surface area contributed by atoms with Crippen molar-refractivity contribution in [2.75, 3.05) is 26.2 Å². The normalized spacial score (nSPS) is 15.4. The standard InChI is InChI=1S/C20H27F3N2O3/c1-14-5-3-6-15(2)18(14)28-12-4-7-17(26)25-10-8-16(9-11-25)13-24-19(27)20(21,22)23/h3,5-6,16H,4,7-13H2,1-2H3,(H,24,27). The van der Waals surface area contributed by atoms with Gasteiger partial charge in [0.15, 0.2) is 0 Å². The van der Waals surface area contributed by atoms with Gasteiger partial charge in [0.05, 0.1) is 6.61 Å². The zero-order chi connectivity index (χ0) is 20.7. The number of ether oxygens (including phenoxy) is 1. The van der Waals surface area contributed by atoms with Gasteiger partial charge in [-0.15, -0.1) is 0 Å². The van der Waals surface area contributed by atoms with Crippen LogP contribution in [-0.4, -0.2) is 49.1 Å². The molecule has 1 aromatic carbocycles. The maximum atomic E-state index is 12.3. The number of benzene rings is 1. The number of hydrogen-bond acceptors (Lipinski definition) is 3. The molecular formula is C20H27F3N2O3. The highest BCUT2D eigenvalue weighted by Gasteiger charge is 2.38. The van der Waals surface area contributed by atoms with Crippen molar-refractivity contribution in [2.45, 2.75) is 45.7 Å². The predicted molar refractivity (Wildman–Crippen MR) is 99.0 cm³/mol. The van der Waals surface area contributed by atoms with Crippen LogP contribution in [-0.2, 0) is 9.59 Å². The molecule has 0 radical (unpaired) electrons. The molecule has 1 heterocycles. The number of likely N-dealkylation sites (tertiary alicyclic amines) is 1. The second-order valence-corrected chi connectivity index (χ2v) is 7.20. The number of carbonyl (C=O) groups excluding carboxylic acids is 2. The van der Waals surface area contributed by atoms with Crippen LogP contribution in [0.4, 0.5) is 13.2 Å². The van der Waals surface area contributed by atoms with Gasteiger partial charge >= 0.3 is 12.1 Å². The molecule has 0 atom stereocenters. The monoisotopic (exact) mass is 400 g/mol. The van der Waals surface area contributed by atoms with E-state index >= 15 is 0 Å². The average Bonchev–Trinajstić information content (AvgIpc) is 2.64. The van der Waals surface area contributed by atoms with Crippen LogP contribution in [0.3, 0.4) is 0 Å². The summed E-state index contributed by atoms with van der Waals surface area (Å²) in [5.74, 6) is -1.06. The summed E-state index contributed by atoms with van der Waals surface area (Å²) in [7, 11) is 0. The van der Waals surface area contributed by atoms with Crippen LogP contribution in [0.5, 0.6) is 5.75 Å². The molecular weight excluding hydrogens is 373 g/mol. The van der Waals surface area contributed by atoms with Crippen LogP contribution in [0.2, 0.25) is 0 Å². The average molecular weight is 400 g/mol. The molecule has 2 amide bonds. The number of alkyl halides is 3. The van der Waals surface area contributed by atoms with Crippen LogP contribution >= 0.6 is 0 Å². The lowest BCUT2D eigenvalue weighted by Crippen LogP contribution is -2.44. The summed E-state index contributed by atoms with van der Waals surface area (Å²) in [4.78, 5) is 24.9. The number of carbonyl (C=O) groups is 2. The lowest BCUT2D eigenvalue weighted by molar-refractivity contribution is -0.173. The molecule has 1 aliphatic heterocycles. The van der Waals surface area contributed by atoms with Crippen molar-refractivity contribution in [3.05, 3.63) is 29.3 Å². The van der Waals surface area contributed by atoms with Crippen molar-refractivity contribution < 1.29 is 27.5 Å². The molecule has 2 rings (SSSR count). The van der Waals surface area contributed by atoms with Crippen LogP contribution in [0.1, 0.15) is 36.8 Å². The maximum Gasteiger partial charge on any atom is 0.471 e. The number of halogens is 3. The molecule has 1 aromatic rings. The lowest BCUT2D eigenvalue weighted by Gasteiger charge is -2.32. The Hall–Kier alpha value is -2.25. The zero-order valence-electron chi connectivity index (χ0n) is 16.3. The van der Waals surface area contributed by atoms with Crippen LogP contribution < -0.4 is 10.1 Å². The summed E-state index contributed by atoms with van der Waals surface area (Å²) in [5.41, 5.74) is 2.12. The minimum Gasteiger partial charge on any atom is -0.493 e. The van der Waals surface area contributed by atoms with Crippen molar-refractivity contribution in [1.82, 2.24) is 10.2 Å². The third kappa shape index (κ3) is 6.42.